The number of amides is 2. The van der Waals surface area contributed by atoms with Crippen molar-refractivity contribution in [3.05, 3.63) is 23.8 Å². The highest BCUT2D eigenvalue weighted by Crippen LogP contribution is 2.30. The van der Waals surface area contributed by atoms with Crippen molar-refractivity contribution >= 4 is 17.5 Å². The van der Waals surface area contributed by atoms with Gasteiger partial charge in [0, 0.05) is 31.6 Å². The Hall–Kier alpha value is -2.04. The van der Waals surface area contributed by atoms with Gasteiger partial charge in [-0.1, -0.05) is 6.92 Å². The van der Waals surface area contributed by atoms with E-state index < -0.39 is 0 Å². The van der Waals surface area contributed by atoms with Gasteiger partial charge >= 0.3 is 0 Å². The minimum atomic E-state index is 0.0718. The van der Waals surface area contributed by atoms with Gasteiger partial charge in [-0.25, -0.2) is 0 Å². The number of hydrogen-bond acceptors (Lipinski definition) is 3. The molecule has 0 saturated heterocycles. The van der Waals surface area contributed by atoms with E-state index in [1.807, 2.05) is 23.1 Å². The summed E-state index contributed by atoms with van der Waals surface area (Å²) in [5, 5.41) is 2.87. The maximum Gasteiger partial charge on any atom is 0.224 e. The van der Waals surface area contributed by atoms with E-state index in [-0.39, 0.29) is 11.8 Å². The zero-order valence-electron chi connectivity index (χ0n) is 15.1. The van der Waals surface area contributed by atoms with Crippen LogP contribution in [-0.4, -0.2) is 36.4 Å². The number of fused-ring (bicyclic) bond motifs is 1. The van der Waals surface area contributed by atoms with Crippen molar-refractivity contribution in [3.63, 3.8) is 0 Å². The molecule has 1 N–H and O–H groups in total. The molecule has 3 rings (SSSR count). The average Bonchev–Trinajstić information content (AvgIpc) is 3.42. The minimum Gasteiger partial charge on any atom is -0.494 e. The van der Waals surface area contributed by atoms with Crippen molar-refractivity contribution in [1.29, 1.82) is 0 Å². The van der Waals surface area contributed by atoms with Gasteiger partial charge in [-0.15, -0.1) is 0 Å². The molecule has 1 aromatic carbocycles. The second kappa shape index (κ2) is 8.37. The van der Waals surface area contributed by atoms with Gasteiger partial charge < -0.3 is 15.0 Å². The van der Waals surface area contributed by atoms with Gasteiger partial charge in [0.15, 0.2) is 0 Å². The molecule has 0 unspecified atom stereocenters. The Morgan fingerprint density at radius 2 is 2.16 bits per heavy atom. The third-order valence-corrected chi connectivity index (χ3v) is 4.80. The highest BCUT2D eigenvalue weighted by atomic mass is 16.5. The van der Waals surface area contributed by atoms with Crippen molar-refractivity contribution in [1.82, 2.24) is 4.90 Å². The molecule has 0 bridgehead atoms. The molecule has 0 spiro atoms. The summed E-state index contributed by atoms with van der Waals surface area (Å²) in [6.07, 6.45) is 6.12. The third-order valence-electron chi connectivity index (χ3n) is 4.80. The number of nitrogens with one attached hydrogen (secondary N) is 1. The monoisotopic (exact) mass is 344 g/mol. The first-order chi connectivity index (χ1) is 12.2. The fourth-order valence-electron chi connectivity index (χ4n) is 3.22. The van der Waals surface area contributed by atoms with Gasteiger partial charge in [0.2, 0.25) is 11.8 Å². The highest BCUT2D eigenvalue weighted by Gasteiger charge is 2.26. The van der Waals surface area contributed by atoms with E-state index in [9.17, 15) is 9.59 Å². The molecule has 25 heavy (non-hydrogen) atoms. The summed E-state index contributed by atoms with van der Waals surface area (Å²) in [5.41, 5.74) is 2.00. The molecule has 0 aromatic heterocycles. The Kier molecular flexibility index (Phi) is 5.95. The quantitative estimate of drug-likeness (QED) is 0.699. The first-order valence-corrected chi connectivity index (χ1v) is 9.49. The topological polar surface area (TPSA) is 58.6 Å². The Morgan fingerprint density at radius 3 is 2.92 bits per heavy atom. The summed E-state index contributed by atoms with van der Waals surface area (Å²) >= 11 is 0. The number of hydrogen-bond donors (Lipinski definition) is 1. The molecule has 5 nitrogen and oxygen atoms in total. The van der Waals surface area contributed by atoms with Crippen LogP contribution in [0.1, 0.15) is 51.0 Å². The number of carbonyl (C=O) groups excluding carboxylic acids is 2. The van der Waals surface area contributed by atoms with E-state index >= 15 is 0 Å². The lowest BCUT2D eigenvalue weighted by Gasteiger charge is -2.22. The Labute approximate surface area is 149 Å². The lowest BCUT2D eigenvalue weighted by molar-refractivity contribution is -0.131. The van der Waals surface area contributed by atoms with Gasteiger partial charge in [0.25, 0.3) is 0 Å². The Morgan fingerprint density at radius 1 is 1.32 bits per heavy atom. The van der Waals surface area contributed by atoms with Crippen LogP contribution >= 0.6 is 0 Å². The molecule has 1 saturated carbocycles. The maximum atomic E-state index is 12.4. The van der Waals surface area contributed by atoms with Gasteiger partial charge in [0.05, 0.1) is 6.61 Å². The van der Waals surface area contributed by atoms with Crippen molar-refractivity contribution in [2.75, 3.05) is 25.0 Å². The Balaban J connectivity index is 1.41. The van der Waals surface area contributed by atoms with Crippen molar-refractivity contribution in [2.45, 2.75) is 51.9 Å². The van der Waals surface area contributed by atoms with E-state index in [1.54, 1.807) is 0 Å². The predicted molar refractivity (Wildman–Crippen MR) is 97.7 cm³/mol. The molecule has 1 aliphatic heterocycles. The van der Waals surface area contributed by atoms with Crippen LogP contribution in [0, 0.1) is 5.92 Å². The van der Waals surface area contributed by atoms with E-state index in [2.05, 4.69) is 12.2 Å². The number of rotatable bonds is 9. The van der Waals surface area contributed by atoms with Crippen LogP contribution in [0.3, 0.4) is 0 Å². The van der Waals surface area contributed by atoms with Crippen LogP contribution in [0.2, 0.25) is 0 Å². The number of nitrogens with zero attached hydrogens (tertiary/aromatic N) is 1. The van der Waals surface area contributed by atoms with Crippen LogP contribution in [0.25, 0.3) is 0 Å². The van der Waals surface area contributed by atoms with Crippen LogP contribution in [0.15, 0.2) is 18.2 Å². The smallest absolute Gasteiger partial charge is 0.224 e. The molecule has 136 valence electrons. The third kappa shape index (κ3) is 5.21. The number of anilines is 1. The SMILES string of the molecule is CCCN(CC1CC1)C(=O)CCCOc1ccc2c(c1)CCC(=O)N2. The van der Waals surface area contributed by atoms with Crippen LogP contribution in [0.5, 0.6) is 5.75 Å². The summed E-state index contributed by atoms with van der Waals surface area (Å²) in [4.78, 5) is 25.8. The molecule has 1 heterocycles. The lowest BCUT2D eigenvalue weighted by Crippen LogP contribution is -2.33. The number of ether oxygens (including phenoxy) is 1. The largest absolute Gasteiger partial charge is 0.494 e. The van der Waals surface area contributed by atoms with Crippen molar-refractivity contribution < 1.29 is 14.3 Å². The molecule has 1 aliphatic carbocycles. The molecule has 2 aliphatic rings. The van der Waals surface area contributed by atoms with Crippen LogP contribution < -0.4 is 10.1 Å². The van der Waals surface area contributed by atoms with E-state index in [4.69, 9.17) is 4.74 Å². The van der Waals surface area contributed by atoms with Gasteiger partial charge in [0.1, 0.15) is 5.75 Å². The first kappa shape index (κ1) is 17.8. The van der Waals surface area contributed by atoms with Crippen molar-refractivity contribution in [3.8, 4) is 5.75 Å². The molecule has 0 radical (unpaired) electrons. The molecule has 2 amide bonds. The molecule has 1 aromatic rings. The van der Waals surface area contributed by atoms with E-state index in [0.29, 0.717) is 19.4 Å². The first-order valence-electron chi connectivity index (χ1n) is 9.49. The van der Waals surface area contributed by atoms with E-state index in [1.165, 1.54) is 12.8 Å². The summed E-state index contributed by atoms with van der Waals surface area (Å²) in [6, 6.07) is 5.77. The zero-order valence-corrected chi connectivity index (χ0v) is 15.1. The number of carbonyl (C=O) groups is 2. The van der Waals surface area contributed by atoms with Crippen LogP contribution in [0.4, 0.5) is 5.69 Å². The predicted octanol–water partition coefficient (Wildman–Crippen LogP) is 3.38. The van der Waals surface area contributed by atoms with E-state index in [0.717, 1.165) is 55.3 Å². The summed E-state index contributed by atoms with van der Waals surface area (Å²) < 4.78 is 5.80. The maximum absolute atomic E-state index is 12.4. The average molecular weight is 344 g/mol. The summed E-state index contributed by atoms with van der Waals surface area (Å²) in [5.74, 6) is 1.88. The minimum absolute atomic E-state index is 0.0718. The van der Waals surface area contributed by atoms with Crippen molar-refractivity contribution in [2.24, 2.45) is 5.92 Å². The normalized spacial score (nSPS) is 16.1. The summed E-state index contributed by atoms with van der Waals surface area (Å²) in [7, 11) is 0. The lowest BCUT2D eigenvalue weighted by atomic mass is 10.0. The fraction of sp³-hybridized carbons (Fsp3) is 0.600. The molecular weight excluding hydrogens is 316 g/mol. The van der Waals surface area contributed by atoms with Gasteiger partial charge in [-0.05, 0) is 61.8 Å². The number of aryl methyl sites for hydroxylation is 1. The Bertz CT molecular complexity index is 625. The van der Waals surface area contributed by atoms with Gasteiger partial charge in [-0.2, -0.15) is 0 Å². The van der Waals surface area contributed by atoms with Crippen LogP contribution in [-0.2, 0) is 16.0 Å². The molecule has 0 atom stereocenters. The molecular formula is C20H28N2O3. The fourth-order valence-corrected chi connectivity index (χ4v) is 3.22. The second-order valence-corrected chi connectivity index (χ2v) is 7.10. The molecule has 5 heteroatoms. The second-order valence-electron chi connectivity index (χ2n) is 7.10. The van der Waals surface area contributed by atoms with Gasteiger partial charge in [-0.3, -0.25) is 9.59 Å². The summed E-state index contributed by atoms with van der Waals surface area (Å²) in [6.45, 7) is 4.46. The number of benzene rings is 1. The molecule has 1 fully saturated rings. The standard InChI is InChI=1S/C20H28N2O3/c1-2-11-22(14-15-5-6-15)20(24)4-3-12-25-17-8-9-18-16(13-17)7-10-19(23)21-18/h8-9,13,15H,2-7,10-12,14H2,1H3,(H,21,23). The zero-order chi connectivity index (χ0) is 17.6. The highest BCUT2D eigenvalue weighted by molar-refractivity contribution is 5.94.